The molecule has 1 aliphatic rings. The number of fused-ring (bicyclic) bond motifs is 1. The summed E-state index contributed by atoms with van der Waals surface area (Å²) in [4.78, 5) is 6.82. The molecule has 1 aromatic carbocycles. The second-order valence-corrected chi connectivity index (χ2v) is 9.40. The van der Waals surface area contributed by atoms with Crippen LogP contribution in [0.2, 0.25) is 0 Å². The van der Waals surface area contributed by atoms with Crippen LogP contribution in [0.4, 0.5) is 10.1 Å². The number of hydrogen-bond donors (Lipinski definition) is 1. The Morgan fingerprint density at radius 1 is 1.27 bits per heavy atom. The zero-order valence-corrected chi connectivity index (χ0v) is 18.1. The van der Waals surface area contributed by atoms with Crippen molar-refractivity contribution in [2.24, 2.45) is 0 Å². The van der Waals surface area contributed by atoms with Crippen LogP contribution >= 0.6 is 0 Å². The highest BCUT2D eigenvalue weighted by molar-refractivity contribution is 7.88. The number of hydrogen-bond acceptors (Lipinski definition) is 6. The van der Waals surface area contributed by atoms with Crippen molar-refractivity contribution in [3.05, 3.63) is 41.5 Å². The molecule has 0 saturated carbocycles. The van der Waals surface area contributed by atoms with Gasteiger partial charge in [-0.05, 0) is 44.5 Å². The standard InChI is InChI=1S/C20H24FN5O3S/c1-12-9-17(25-8-7-15(11-25)24-30(4,27)28)20-22-13(2)19(26(20)23-12)14-5-6-18(29-3)16(21)10-14/h5-6,9-10,15,24H,7-8,11H2,1-4H3. The number of nitrogens with zero attached hydrogens (tertiary/aromatic N) is 4. The van der Waals surface area contributed by atoms with Crippen LogP contribution in [0, 0.1) is 19.7 Å². The van der Waals surface area contributed by atoms with Gasteiger partial charge in [0.15, 0.2) is 17.2 Å². The van der Waals surface area contributed by atoms with Gasteiger partial charge in [0, 0.05) is 24.7 Å². The predicted molar refractivity (Wildman–Crippen MR) is 113 cm³/mol. The van der Waals surface area contributed by atoms with Crippen molar-refractivity contribution in [2.75, 3.05) is 31.4 Å². The van der Waals surface area contributed by atoms with E-state index in [0.717, 1.165) is 17.1 Å². The van der Waals surface area contributed by atoms with Crippen LogP contribution in [0.15, 0.2) is 24.3 Å². The molecule has 3 heterocycles. The third-order valence-electron chi connectivity index (χ3n) is 5.20. The third-order valence-corrected chi connectivity index (χ3v) is 5.96. The lowest BCUT2D eigenvalue weighted by Crippen LogP contribution is -2.36. The maximum Gasteiger partial charge on any atom is 0.209 e. The van der Waals surface area contributed by atoms with E-state index >= 15 is 0 Å². The molecule has 1 unspecified atom stereocenters. The Morgan fingerprint density at radius 3 is 2.70 bits per heavy atom. The van der Waals surface area contributed by atoms with Crippen molar-refractivity contribution in [3.63, 3.8) is 0 Å². The average molecular weight is 434 g/mol. The largest absolute Gasteiger partial charge is 0.494 e. The van der Waals surface area contributed by atoms with Crippen LogP contribution < -0.4 is 14.4 Å². The minimum atomic E-state index is -3.27. The first kappa shape index (κ1) is 20.5. The zero-order valence-electron chi connectivity index (χ0n) is 17.3. The molecule has 4 rings (SSSR count). The van der Waals surface area contributed by atoms with Crippen LogP contribution in [0.3, 0.4) is 0 Å². The van der Waals surface area contributed by atoms with Gasteiger partial charge in [0.25, 0.3) is 0 Å². The Bertz CT molecular complexity index is 1220. The second kappa shape index (κ2) is 7.51. The van der Waals surface area contributed by atoms with E-state index in [4.69, 9.17) is 9.72 Å². The van der Waals surface area contributed by atoms with E-state index < -0.39 is 15.8 Å². The highest BCUT2D eigenvalue weighted by Gasteiger charge is 2.28. The van der Waals surface area contributed by atoms with E-state index in [0.29, 0.717) is 36.4 Å². The van der Waals surface area contributed by atoms with E-state index in [1.807, 2.05) is 19.9 Å². The molecule has 1 atom stereocenters. The first-order valence-electron chi connectivity index (χ1n) is 9.59. The molecule has 1 aliphatic heterocycles. The van der Waals surface area contributed by atoms with Gasteiger partial charge in [-0.1, -0.05) is 0 Å². The van der Waals surface area contributed by atoms with Crippen LogP contribution in [0.25, 0.3) is 16.9 Å². The van der Waals surface area contributed by atoms with Crippen LogP contribution in [0.1, 0.15) is 17.8 Å². The summed E-state index contributed by atoms with van der Waals surface area (Å²) in [6.45, 7) is 5.00. The Balaban J connectivity index is 1.77. The topological polar surface area (TPSA) is 88.8 Å². The fourth-order valence-corrected chi connectivity index (χ4v) is 4.78. The Labute approximate surface area is 174 Å². The number of benzene rings is 1. The van der Waals surface area contributed by atoms with Gasteiger partial charge in [0.2, 0.25) is 10.0 Å². The normalized spacial score (nSPS) is 17.1. The Morgan fingerprint density at radius 2 is 2.03 bits per heavy atom. The molecule has 10 heteroatoms. The van der Waals surface area contributed by atoms with Gasteiger partial charge in [0.05, 0.1) is 36.1 Å². The molecule has 3 aromatic rings. The van der Waals surface area contributed by atoms with Crippen molar-refractivity contribution in [2.45, 2.75) is 26.3 Å². The summed E-state index contributed by atoms with van der Waals surface area (Å²) in [5, 5.41) is 4.62. The molecule has 0 radical (unpaired) electrons. The summed E-state index contributed by atoms with van der Waals surface area (Å²) in [7, 11) is -1.84. The molecule has 8 nitrogen and oxygen atoms in total. The number of rotatable bonds is 5. The minimum absolute atomic E-state index is 0.153. The third kappa shape index (κ3) is 3.84. The molecular formula is C20H24FN5O3S. The summed E-state index contributed by atoms with van der Waals surface area (Å²) in [6.07, 6.45) is 1.87. The quantitative estimate of drug-likeness (QED) is 0.664. The van der Waals surface area contributed by atoms with Gasteiger partial charge in [0.1, 0.15) is 0 Å². The number of halogens is 1. The molecule has 2 aromatic heterocycles. The van der Waals surface area contributed by atoms with Crippen molar-refractivity contribution >= 4 is 21.4 Å². The highest BCUT2D eigenvalue weighted by atomic mass is 32.2. The smallest absolute Gasteiger partial charge is 0.209 e. The first-order chi connectivity index (χ1) is 14.2. The summed E-state index contributed by atoms with van der Waals surface area (Å²) in [6, 6.07) is 6.58. The molecular weight excluding hydrogens is 409 g/mol. The number of nitrogens with one attached hydrogen (secondary N) is 1. The lowest BCUT2D eigenvalue weighted by molar-refractivity contribution is 0.386. The number of ether oxygens (including phenoxy) is 1. The number of aryl methyl sites for hydroxylation is 2. The SMILES string of the molecule is COc1ccc(-c2c(C)nc3c(N4CCC(NS(C)(=O)=O)C4)cc(C)nn23)cc1F. The lowest BCUT2D eigenvalue weighted by atomic mass is 10.1. The maximum atomic E-state index is 14.3. The fourth-order valence-electron chi connectivity index (χ4n) is 3.99. The first-order valence-corrected chi connectivity index (χ1v) is 11.5. The second-order valence-electron chi connectivity index (χ2n) is 7.62. The molecule has 30 heavy (non-hydrogen) atoms. The Hall–Kier alpha value is -2.72. The molecule has 160 valence electrons. The molecule has 1 fully saturated rings. The minimum Gasteiger partial charge on any atom is -0.494 e. The van der Waals surface area contributed by atoms with Crippen molar-refractivity contribution in [1.29, 1.82) is 0 Å². The van der Waals surface area contributed by atoms with E-state index in [2.05, 4.69) is 14.7 Å². The van der Waals surface area contributed by atoms with Gasteiger partial charge >= 0.3 is 0 Å². The molecule has 0 aliphatic carbocycles. The van der Waals surface area contributed by atoms with Crippen molar-refractivity contribution in [1.82, 2.24) is 19.3 Å². The van der Waals surface area contributed by atoms with Crippen molar-refractivity contribution in [3.8, 4) is 17.0 Å². The molecule has 1 N–H and O–H groups in total. The predicted octanol–water partition coefficient (Wildman–Crippen LogP) is 2.29. The maximum absolute atomic E-state index is 14.3. The van der Waals surface area contributed by atoms with E-state index in [-0.39, 0.29) is 11.8 Å². The number of anilines is 1. The van der Waals surface area contributed by atoms with Gasteiger partial charge in [-0.25, -0.2) is 27.0 Å². The summed E-state index contributed by atoms with van der Waals surface area (Å²) in [5.41, 5.74) is 4.41. The number of methoxy groups -OCH3 is 1. The van der Waals surface area contributed by atoms with Gasteiger partial charge in [-0.3, -0.25) is 0 Å². The summed E-state index contributed by atoms with van der Waals surface area (Å²) in [5.74, 6) is -0.275. The summed E-state index contributed by atoms with van der Waals surface area (Å²) < 4.78 is 46.9. The van der Waals surface area contributed by atoms with Gasteiger partial charge in [-0.15, -0.1) is 0 Å². The van der Waals surface area contributed by atoms with Crippen LogP contribution in [-0.2, 0) is 10.0 Å². The van der Waals surface area contributed by atoms with Gasteiger partial charge in [-0.2, -0.15) is 5.10 Å². The lowest BCUT2D eigenvalue weighted by Gasteiger charge is -2.20. The monoisotopic (exact) mass is 433 g/mol. The zero-order chi connectivity index (χ0) is 21.6. The van der Waals surface area contributed by atoms with E-state index in [9.17, 15) is 12.8 Å². The van der Waals surface area contributed by atoms with E-state index in [1.165, 1.54) is 19.4 Å². The highest BCUT2D eigenvalue weighted by Crippen LogP contribution is 2.32. The van der Waals surface area contributed by atoms with Crippen LogP contribution in [0.5, 0.6) is 5.75 Å². The molecule has 0 amide bonds. The number of aromatic nitrogens is 3. The number of sulfonamides is 1. The average Bonchev–Trinajstić information content (AvgIpc) is 3.23. The molecule has 0 spiro atoms. The summed E-state index contributed by atoms with van der Waals surface area (Å²) >= 11 is 0. The van der Waals surface area contributed by atoms with E-state index in [1.54, 1.807) is 16.6 Å². The van der Waals surface area contributed by atoms with Gasteiger partial charge < -0.3 is 9.64 Å². The van der Waals surface area contributed by atoms with Crippen LogP contribution in [-0.4, -0.2) is 55.5 Å². The molecule has 1 saturated heterocycles. The fraction of sp³-hybridized carbons (Fsp3) is 0.400. The molecule has 0 bridgehead atoms. The van der Waals surface area contributed by atoms with Crippen molar-refractivity contribution < 1.29 is 17.5 Å². The Kier molecular flexibility index (Phi) is 5.15. The number of imidazole rings is 1.